The van der Waals surface area contributed by atoms with Crippen LogP contribution >= 0.6 is 11.6 Å². The SMILES string of the molecule is O=C(O)CN1CCCC(NC(=O)c2cn3cccc(Cl)c3n2)C1. The number of pyridine rings is 1. The van der Waals surface area contributed by atoms with Gasteiger partial charge in [-0.05, 0) is 31.5 Å². The van der Waals surface area contributed by atoms with Gasteiger partial charge in [0.25, 0.3) is 5.91 Å². The minimum absolute atomic E-state index is 0.00363. The van der Waals surface area contributed by atoms with Gasteiger partial charge in [0.05, 0.1) is 11.6 Å². The van der Waals surface area contributed by atoms with Gasteiger partial charge in [-0.25, -0.2) is 4.98 Å². The third-order valence-corrected chi connectivity index (χ3v) is 4.16. The Hall–Kier alpha value is -2.12. The van der Waals surface area contributed by atoms with E-state index in [4.69, 9.17) is 16.7 Å². The third kappa shape index (κ3) is 3.62. The van der Waals surface area contributed by atoms with Gasteiger partial charge in [0.1, 0.15) is 5.69 Å². The van der Waals surface area contributed by atoms with Crippen LogP contribution < -0.4 is 5.32 Å². The molecule has 3 heterocycles. The number of nitrogens with zero attached hydrogens (tertiary/aromatic N) is 3. The van der Waals surface area contributed by atoms with Gasteiger partial charge in [0.15, 0.2) is 5.65 Å². The van der Waals surface area contributed by atoms with Crippen molar-refractivity contribution in [1.29, 1.82) is 0 Å². The largest absolute Gasteiger partial charge is 0.480 e. The van der Waals surface area contributed by atoms with Gasteiger partial charge in [0, 0.05) is 25.0 Å². The number of carboxylic acid groups (broad SMARTS) is 1. The van der Waals surface area contributed by atoms with E-state index in [0.717, 1.165) is 19.4 Å². The summed E-state index contributed by atoms with van der Waals surface area (Å²) in [5.74, 6) is -1.13. The number of hydrogen-bond acceptors (Lipinski definition) is 4. The molecular weight excluding hydrogens is 320 g/mol. The molecule has 23 heavy (non-hydrogen) atoms. The number of fused-ring (bicyclic) bond motifs is 1. The number of carbonyl (C=O) groups is 2. The molecule has 122 valence electrons. The highest BCUT2D eigenvalue weighted by Gasteiger charge is 2.24. The number of rotatable bonds is 4. The van der Waals surface area contributed by atoms with Crippen LogP contribution in [-0.2, 0) is 4.79 Å². The molecule has 0 aliphatic carbocycles. The van der Waals surface area contributed by atoms with Crippen LogP contribution in [0.3, 0.4) is 0 Å². The Morgan fingerprint density at radius 1 is 1.48 bits per heavy atom. The van der Waals surface area contributed by atoms with Gasteiger partial charge in [-0.1, -0.05) is 11.6 Å². The smallest absolute Gasteiger partial charge is 0.317 e. The minimum atomic E-state index is -0.855. The number of halogens is 1. The molecule has 0 aromatic carbocycles. The van der Waals surface area contributed by atoms with Gasteiger partial charge in [-0.3, -0.25) is 14.5 Å². The number of aliphatic carboxylic acids is 1. The molecule has 0 saturated carbocycles. The number of hydrogen-bond donors (Lipinski definition) is 2. The van der Waals surface area contributed by atoms with Crippen molar-refractivity contribution >= 4 is 29.1 Å². The van der Waals surface area contributed by atoms with Crippen LogP contribution in [0.4, 0.5) is 0 Å². The third-order valence-electron chi connectivity index (χ3n) is 3.87. The monoisotopic (exact) mass is 336 g/mol. The summed E-state index contributed by atoms with van der Waals surface area (Å²) in [6, 6.07) is 3.43. The van der Waals surface area contributed by atoms with E-state index < -0.39 is 5.97 Å². The van der Waals surface area contributed by atoms with Crippen LogP contribution in [0, 0.1) is 0 Å². The van der Waals surface area contributed by atoms with E-state index >= 15 is 0 Å². The zero-order valence-corrected chi connectivity index (χ0v) is 13.2. The van der Waals surface area contributed by atoms with Gasteiger partial charge >= 0.3 is 5.97 Å². The minimum Gasteiger partial charge on any atom is -0.480 e. The van der Waals surface area contributed by atoms with Crippen molar-refractivity contribution in [3.05, 3.63) is 35.2 Å². The number of nitrogens with one attached hydrogen (secondary N) is 1. The van der Waals surface area contributed by atoms with Crippen molar-refractivity contribution in [3.63, 3.8) is 0 Å². The summed E-state index contributed by atoms with van der Waals surface area (Å²) in [5, 5.41) is 12.3. The number of imidazole rings is 1. The lowest BCUT2D eigenvalue weighted by Gasteiger charge is -2.31. The Morgan fingerprint density at radius 3 is 3.04 bits per heavy atom. The zero-order chi connectivity index (χ0) is 16.4. The number of amides is 1. The number of likely N-dealkylation sites (tertiary alicyclic amines) is 1. The first-order valence-electron chi connectivity index (χ1n) is 7.41. The first-order valence-corrected chi connectivity index (χ1v) is 7.79. The van der Waals surface area contributed by atoms with Crippen molar-refractivity contribution in [2.75, 3.05) is 19.6 Å². The maximum atomic E-state index is 12.4. The molecule has 2 N–H and O–H groups in total. The summed E-state index contributed by atoms with van der Waals surface area (Å²) in [7, 11) is 0. The van der Waals surface area contributed by atoms with E-state index in [2.05, 4.69) is 10.3 Å². The normalized spacial score (nSPS) is 18.9. The summed E-state index contributed by atoms with van der Waals surface area (Å²) in [6.07, 6.45) is 5.10. The second kappa shape index (κ2) is 6.55. The summed E-state index contributed by atoms with van der Waals surface area (Å²) >= 11 is 6.06. The van der Waals surface area contributed by atoms with Crippen LogP contribution in [0.15, 0.2) is 24.5 Å². The van der Waals surface area contributed by atoms with Gasteiger partial charge in [-0.2, -0.15) is 0 Å². The number of carboxylic acids is 1. The Kier molecular flexibility index (Phi) is 4.49. The fourth-order valence-corrected chi connectivity index (χ4v) is 3.07. The molecule has 2 aromatic heterocycles. The average molecular weight is 337 g/mol. The highest BCUT2D eigenvalue weighted by Crippen LogP contribution is 2.16. The molecule has 0 bridgehead atoms. The van der Waals surface area contributed by atoms with Gasteiger partial charge in [0.2, 0.25) is 0 Å². The lowest BCUT2D eigenvalue weighted by molar-refractivity contribution is -0.138. The summed E-state index contributed by atoms with van der Waals surface area (Å²) in [4.78, 5) is 29.2. The summed E-state index contributed by atoms with van der Waals surface area (Å²) in [5.41, 5.74) is 0.837. The van der Waals surface area contributed by atoms with Crippen LogP contribution in [0.1, 0.15) is 23.3 Å². The van der Waals surface area contributed by atoms with Gasteiger partial charge < -0.3 is 14.8 Å². The number of piperidine rings is 1. The second-order valence-corrected chi connectivity index (χ2v) is 6.06. The predicted molar refractivity (Wildman–Crippen MR) is 84.8 cm³/mol. The van der Waals surface area contributed by atoms with Crippen molar-refractivity contribution in [2.45, 2.75) is 18.9 Å². The first kappa shape index (κ1) is 15.8. The predicted octanol–water partition coefficient (Wildman–Crippen LogP) is 1.27. The van der Waals surface area contributed by atoms with E-state index in [9.17, 15) is 9.59 Å². The van der Waals surface area contributed by atoms with Crippen molar-refractivity contribution in [3.8, 4) is 0 Å². The number of aromatic nitrogens is 2. The molecule has 1 aliphatic rings. The molecule has 1 atom stereocenters. The van der Waals surface area contributed by atoms with Crippen LogP contribution in [0.25, 0.3) is 5.65 Å². The molecule has 0 radical (unpaired) electrons. The van der Waals surface area contributed by atoms with Crippen molar-refractivity contribution in [1.82, 2.24) is 19.6 Å². The zero-order valence-electron chi connectivity index (χ0n) is 12.4. The Balaban J connectivity index is 1.68. The Labute approximate surface area is 137 Å². The summed E-state index contributed by atoms with van der Waals surface area (Å²) in [6.45, 7) is 1.27. The molecule has 1 amide bonds. The molecular formula is C15H17ClN4O3. The second-order valence-electron chi connectivity index (χ2n) is 5.65. The standard InChI is InChI=1S/C15H17ClN4O3/c16-11-4-2-6-20-8-12(18-14(11)20)15(23)17-10-3-1-5-19(7-10)9-13(21)22/h2,4,6,8,10H,1,3,5,7,9H2,(H,17,23)(H,21,22). The van der Waals surface area contributed by atoms with E-state index in [0.29, 0.717) is 22.9 Å². The van der Waals surface area contributed by atoms with Gasteiger partial charge in [-0.15, -0.1) is 0 Å². The Bertz CT molecular complexity index is 745. The maximum Gasteiger partial charge on any atom is 0.317 e. The molecule has 0 spiro atoms. The average Bonchev–Trinajstić information content (AvgIpc) is 2.92. The topological polar surface area (TPSA) is 86.9 Å². The van der Waals surface area contributed by atoms with E-state index in [1.165, 1.54) is 0 Å². The molecule has 2 aromatic rings. The molecule has 8 heteroatoms. The van der Waals surface area contributed by atoms with Crippen LogP contribution in [0.5, 0.6) is 0 Å². The molecule has 1 aliphatic heterocycles. The van der Waals surface area contributed by atoms with Crippen LogP contribution in [-0.4, -0.2) is 56.9 Å². The van der Waals surface area contributed by atoms with Crippen molar-refractivity contribution in [2.24, 2.45) is 0 Å². The Morgan fingerprint density at radius 2 is 2.30 bits per heavy atom. The fraction of sp³-hybridized carbons (Fsp3) is 0.400. The number of carbonyl (C=O) groups excluding carboxylic acids is 1. The molecule has 1 unspecified atom stereocenters. The van der Waals surface area contributed by atoms with E-state index in [1.54, 1.807) is 28.9 Å². The lowest BCUT2D eigenvalue weighted by Crippen LogP contribution is -2.49. The quantitative estimate of drug-likeness (QED) is 0.878. The molecule has 3 rings (SSSR count). The molecule has 1 saturated heterocycles. The van der Waals surface area contributed by atoms with Crippen LogP contribution in [0.2, 0.25) is 5.02 Å². The highest BCUT2D eigenvalue weighted by molar-refractivity contribution is 6.33. The van der Waals surface area contributed by atoms with Crippen molar-refractivity contribution < 1.29 is 14.7 Å². The fourth-order valence-electron chi connectivity index (χ4n) is 2.86. The highest BCUT2D eigenvalue weighted by atomic mass is 35.5. The summed E-state index contributed by atoms with van der Waals surface area (Å²) < 4.78 is 1.70. The molecule has 7 nitrogen and oxygen atoms in total. The maximum absolute atomic E-state index is 12.4. The van der Waals surface area contributed by atoms with E-state index in [1.807, 2.05) is 4.90 Å². The molecule has 1 fully saturated rings. The van der Waals surface area contributed by atoms with E-state index in [-0.39, 0.29) is 18.5 Å². The lowest BCUT2D eigenvalue weighted by atomic mass is 10.1. The first-order chi connectivity index (χ1) is 11.0.